The van der Waals surface area contributed by atoms with Crippen LogP contribution in [0.5, 0.6) is 0 Å². The van der Waals surface area contributed by atoms with E-state index in [0.29, 0.717) is 31.4 Å². The lowest BCUT2D eigenvalue weighted by atomic mass is 10.1. The fourth-order valence-corrected chi connectivity index (χ4v) is 2.99. The van der Waals surface area contributed by atoms with Gasteiger partial charge in [-0.2, -0.15) is 4.98 Å². The maximum Gasteiger partial charge on any atom is 0.322 e. The fraction of sp³-hybridized carbons (Fsp3) is 0.438. The van der Waals surface area contributed by atoms with E-state index in [9.17, 15) is 4.79 Å². The monoisotopic (exact) mass is 314 g/mol. The molecular weight excluding hydrogens is 296 g/mol. The lowest BCUT2D eigenvalue weighted by Crippen LogP contribution is -2.28. The zero-order chi connectivity index (χ0) is 15.8. The first kappa shape index (κ1) is 14.2. The van der Waals surface area contributed by atoms with Crippen LogP contribution in [0.25, 0.3) is 11.5 Å². The van der Waals surface area contributed by atoms with Crippen LogP contribution in [-0.4, -0.2) is 42.5 Å². The quantitative estimate of drug-likeness (QED) is 0.938. The van der Waals surface area contributed by atoms with E-state index in [2.05, 4.69) is 15.5 Å². The zero-order valence-corrected chi connectivity index (χ0v) is 12.9. The Hall–Kier alpha value is -2.41. The average Bonchev–Trinajstić information content (AvgIpc) is 3.28. The molecule has 2 fully saturated rings. The molecule has 0 spiro atoms. The van der Waals surface area contributed by atoms with Crippen LogP contribution in [-0.2, 0) is 4.74 Å². The van der Waals surface area contributed by atoms with Crippen molar-refractivity contribution in [1.29, 1.82) is 0 Å². The number of benzene rings is 1. The Morgan fingerprint density at radius 1 is 1.39 bits per heavy atom. The average molecular weight is 314 g/mol. The van der Waals surface area contributed by atoms with Gasteiger partial charge in [-0.15, -0.1) is 0 Å². The van der Waals surface area contributed by atoms with Gasteiger partial charge in [-0.25, -0.2) is 4.79 Å². The molecule has 1 aromatic carbocycles. The van der Waals surface area contributed by atoms with E-state index in [4.69, 9.17) is 9.26 Å². The number of nitrogens with zero attached hydrogens (tertiary/aromatic N) is 3. The van der Waals surface area contributed by atoms with Gasteiger partial charge in [-0.1, -0.05) is 11.2 Å². The van der Waals surface area contributed by atoms with Crippen molar-refractivity contribution in [2.45, 2.75) is 19.3 Å². The highest BCUT2D eigenvalue weighted by molar-refractivity contribution is 5.95. The summed E-state index contributed by atoms with van der Waals surface area (Å²) in [6.45, 7) is 4.70. The van der Waals surface area contributed by atoms with E-state index in [1.807, 2.05) is 25.1 Å². The molecule has 0 aliphatic carbocycles. The topological polar surface area (TPSA) is 80.5 Å². The van der Waals surface area contributed by atoms with Gasteiger partial charge >= 0.3 is 6.03 Å². The molecule has 2 amide bonds. The van der Waals surface area contributed by atoms with Crippen LogP contribution in [0.3, 0.4) is 0 Å². The number of hydrogen-bond donors (Lipinski definition) is 1. The Morgan fingerprint density at radius 3 is 3.04 bits per heavy atom. The molecule has 7 nitrogen and oxygen atoms in total. The maximum atomic E-state index is 11.9. The molecule has 1 aromatic heterocycles. The van der Waals surface area contributed by atoms with Gasteiger partial charge in [0.25, 0.3) is 5.89 Å². The van der Waals surface area contributed by atoms with Gasteiger partial charge in [0.2, 0.25) is 0 Å². The summed E-state index contributed by atoms with van der Waals surface area (Å²) in [7, 11) is 0. The number of amides is 2. The summed E-state index contributed by atoms with van der Waals surface area (Å²) in [6.07, 6.45) is 0.923. The van der Waals surface area contributed by atoms with Crippen LogP contribution in [0.2, 0.25) is 0 Å². The highest BCUT2D eigenvalue weighted by Gasteiger charge is 2.25. The second kappa shape index (κ2) is 5.66. The van der Waals surface area contributed by atoms with Crippen LogP contribution in [0.1, 0.15) is 23.7 Å². The number of ether oxygens (including phenoxy) is 1. The summed E-state index contributed by atoms with van der Waals surface area (Å²) in [5.74, 6) is 1.38. The molecule has 1 atom stereocenters. The minimum atomic E-state index is -0.0698. The fourth-order valence-electron chi connectivity index (χ4n) is 2.99. The van der Waals surface area contributed by atoms with Gasteiger partial charge in [0.05, 0.1) is 6.61 Å². The molecule has 4 rings (SSSR count). The van der Waals surface area contributed by atoms with Crippen LogP contribution >= 0.6 is 0 Å². The van der Waals surface area contributed by atoms with Gasteiger partial charge < -0.3 is 14.6 Å². The molecule has 0 bridgehead atoms. The minimum Gasteiger partial charge on any atom is -0.381 e. The molecule has 7 heteroatoms. The number of aryl methyl sites for hydroxylation is 1. The summed E-state index contributed by atoms with van der Waals surface area (Å²) >= 11 is 0. The molecule has 2 aliphatic rings. The van der Waals surface area contributed by atoms with E-state index >= 15 is 0 Å². The second-order valence-electron chi connectivity index (χ2n) is 5.90. The molecule has 3 heterocycles. The Labute approximate surface area is 133 Å². The number of carbonyl (C=O) groups is 1. The molecule has 1 N–H and O–H groups in total. The molecule has 2 aromatic rings. The molecule has 2 saturated heterocycles. The SMILES string of the molecule is Cc1ccc(-c2nc([C@H]3CCOC3)no2)cc1N1CCNC1=O. The Bertz CT molecular complexity index is 737. The standard InChI is InChI=1S/C16H18N4O3/c1-10-2-3-11(8-13(10)20-6-5-17-16(20)21)15-18-14(19-23-15)12-4-7-22-9-12/h2-3,8,12H,4-7,9H2,1H3,(H,17,21)/t12-/m0/s1. The third kappa shape index (κ3) is 2.57. The van der Waals surface area contributed by atoms with Crippen LogP contribution in [0.15, 0.2) is 22.7 Å². The van der Waals surface area contributed by atoms with Crippen LogP contribution < -0.4 is 10.2 Å². The van der Waals surface area contributed by atoms with Gasteiger partial charge in [-0.3, -0.25) is 4.90 Å². The number of anilines is 1. The predicted octanol–water partition coefficient (Wildman–Crippen LogP) is 2.08. The second-order valence-corrected chi connectivity index (χ2v) is 5.90. The van der Waals surface area contributed by atoms with Crippen molar-refractivity contribution in [2.75, 3.05) is 31.2 Å². The third-order valence-electron chi connectivity index (χ3n) is 4.34. The summed E-state index contributed by atoms with van der Waals surface area (Å²) in [5, 5.41) is 6.90. The first-order valence-corrected chi connectivity index (χ1v) is 7.80. The number of aromatic nitrogens is 2. The highest BCUT2D eigenvalue weighted by atomic mass is 16.5. The lowest BCUT2D eigenvalue weighted by molar-refractivity contribution is 0.192. The number of hydrogen-bond acceptors (Lipinski definition) is 5. The van der Waals surface area contributed by atoms with Crippen molar-refractivity contribution in [3.05, 3.63) is 29.6 Å². The maximum absolute atomic E-state index is 11.9. The first-order valence-electron chi connectivity index (χ1n) is 7.80. The summed E-state index contributed by atoms with van der Waals surface area (Å²) in [6, 6.07) is 5.77. The Morgan fingerprint density at radius 2 is 2.30 bits per heavy atom. The smallest absolute Gasteiger partial charge is 0.322 e. The van der Waals surface area contributed by atoms with Gasteiger partial charge in [-0.05, 0) is 31.0 Å². The zero-order valence-electron chi connectivity index (χ0n) is 12.9. The van der Waals surface area contributed by atoms with Gasteiger partial charge in [0.1, 0.15) is 0 Å². The van der Waals surface area contributed by atoms with Crippen molar-refractivity contribution < 1.29 is 14.1 Å². The Balaban J connectivity index is 1.65. The number of nitrogens with one attached hydrogen (secondary N) is 1. The van der Waals surface area contributed by atoms with Crippen LogP contribution in [0, 0.1) is 6.92 Å². The summed E-state index contributed by atoms with van der Waals surface area (Å²) in [5.41, 5.74) is 2.74. The van der Waals surface area contributed by atoms with Gasteiger partial charge in [0.15, 0.2) is 5.82 Å². The summed E-state index contributed by atoms with van der Waals surface area (Å²) in [4.78, 5) is 18.1. The predicted molar refractivity (Wildman–Crippen MR) is 83.4 cm³/mol. The molecule has 0 radical (unpaired) electrons. The van der Waals surface area contributed by atoms with E-state index in [-0.39, 0.29) is 11.9 Å². The summed E-state index contributed by atoms with van der Waals surface area (Å²) < 4.78 is 10.8. The van der Waals surface area contributed by atoms with E-state index in [1.165, 1.54) is 0 Å². The number of urea groups is 1. The van der Waals surface area contributed by atoms with E-state index in [0.717, 1.165) is 29.8 Å². The molecule has 120 valence electrons. The number of rotatable bonds is 3. The molecule has 0 saturated carbocycles. The molecular formula is C16H18N4O3. The first-order chi connectivity index (χ1) is 11.2. The van der Waals surface area contributed by atoms with Gasteiger partial charge in [0, 0.05) is 36.9 Å². The minimum absolute atomic E-state index is 0.0698. The normalized spacial score (nSPS) is 21.0. The molecule has 0 unspecified atom stereocenters. The van der Waals surface area contributed by atoms with Crippen molar-refractivity contribution in [1.82, 2.24) is 15.5 Å². The Kier molecular flexibility index (Phi) is 3.49. The molecule has 2 aliphatic heterocycles. The largest absolute Gasteiger partial charge is 0.381 e. The van der Waals surface area contributed by atoms with E-state index in [1.54, 1.807) is 4.90 Å². The van der Waals surface area contributed by atoms with E-state index < -0.39 is 0 Å². The number of carbonyl (C=O) groups excluding carboxylic acids is 1. The van der Waals surface area contributed by atoms with Crippen molar-refractivity contribution >= 4 is 11.7 Å². The third-order valence-corrected chi connectivity index (χ3v) is 4.34. The van der Waals surface area contributed by atoms with Crippen molar-refractivity contribution in [3.8, 4) is 11.5 Å². The highest BCUT2D eigenvalue weighted by Crippen LogP contribution is 2.30. The van der Waals surface area contributed by atoms with Crippen LogP contribution in [0.4, 0.5) is 10.5 Å². The lowest BCUT2D eigenvalue weighted by Gasteiger charge is -2.17. The van der Waals surface area contributed by atoms with Crippen molar-refractivity contribution in [3.63, 3.8) is 0 Å². The molecule has 23 heavy (non-hydrogen) atoms. The van der Waals surface area contributed by atoms with Crippen molar-refractivity contribution in [2.24, 2.45) is 0 Å².